The number of amidine groups is 1. The van der Waals surface area contributed by atoms with E-state index in [1.165, 1.54) is 32.1 Å². The van der Waals surface area contributed by atoms with Gasteiger partial charge in [-0.2, -0.15) is 10.4 Å². The highest BCUT2D eigenvalue weighted by Gasteiger charge is 2.41. The van der Waals surface area contributed by atoms with Crippen molar-refractivity contribution in [3.8, 4) is 11.8 Å². The van der Waals surface area contributed by atoms with E-state index in [1.807, 2.05) is 43.2 Å². The molecule has 5 rings (SSSR count). The first-order valence-corrected chi connectivity index (χ1v) is 12.1. The molecule has 0 radical (unpaired) electrons. The second kappa shape index (κ2) is 11.6. The molecule has 0 saturated carbocycles. The zero-order valence-corrected chi connectivity index (χ0v) is 20.8. The van der Waals surface area contributed by atoms with E-state index in [0.29, 0.717) is 22.7 Å². The maximum absolute atomic E-state index is 9.15. The van der Waals surface area contributed by atoms with Gasteiger partial charge in [0.15, 0.2) is 5.84 Å². The molecule has 34 heavy (non-hydrogen) atoms. The number of aromatic hydroxyl groups is 1. The number of piperidine rings is 1. The highest BCUT2D eigenvalue weighted by atomic mass is 35.5. The summed E-state index contributed by atoms with van der Waals surface area (Å²) in [5.41, 5.74) is 10.2. The molecule has 0 amide bonds. The second-order valence-corrected chi connectivity index (χ2v) is 9.13. The lowest BCUT2D eigenvalue weighted by atomic mass is 9.96. The lowest BCUT2D eigenvalue weighted by Crippen LogP contribution is -2.48. The highest BCUT2D eigenvalue weighted by molar-refractivity contribution is 6.32. The maximum Gasteiger partial charge on any atom is 0.156 e. The van der Waals surface area contributed by atoms with Gasteiger partial charge in [0, 0.05) is 37.4 Å². The molecule has 0 aromatic heterocycles. The summed E-state index contributed by atoms with van der Waals surface area (Å²) in [4.78, 5) is 2.52. The molecule has 182 valence electrons. The molecule has 2 saturated heterocycles. The Hall–Kier alpha value is -2.79. The number of aliphatic hydroxyl groups is 1. The molecule has 2 fully saturated rings. The van der Waals surface area contributed by atoms with Gasteiger partial charge in [0.2, 0.25) is 0 Å². The molecule has 3 unspecified atom stereocenters. The number of hydrazone groups is 1. The van der Waals surface area contributed by atoms with Gasteiger partial charge in [-0.1, -0.05) is 24.6 Å². The van der Waals surface area contributed by atoms with E-state index >= 15 is 0 Å². The predicted octanol–water partition coefficient (Wildman–Crippen LogP) is 4.36. The van der Waals surface area contributed by atoms with Crippen LogP contribution in [0, 0.1) is 11.3 Å². The summed E-state index contributed by atoms with van der Waals surface area (Å²) in [6, 6.07) is 14.5. The van der Waals surface area contributed by atoms with Crippen molar-refractivity contribution in [1.82, 2.24) is 9.91 Å². The maximum atomic E-state index is 9.15. The number of aliphatic hydroxyl groups excluding tert-OH is 1. The Morgan fingerprint density at radius 2 is 1.79 bits per heavy atom. The zero-order valence-electron chi connectivity index (χ0n) is 20.1. The average Bonchev–Trinajstić information content (AvgIpc) is 3.11. The SMILES string of the molecule is CCc1ccc(O)c(Cl)c1.CN1N=C(N2C3CCCC2CC3)c2ccc(C#N)cc2C1N.CO. The van der Waals surface area contributed by atoms with Crippen LogP contribution in [0.15, 0.2) is 41.5 Å². The molecule has 8 heteroatoms. The summed E-state index contributed by atoms with van der Waals surface area (Å²) in [6.45, 7) is 2.04. The Morgan fingerprint density at radius 1 is 1.12 bits per heavy atom. The highest BCUT2D eigenvalue weighted by Crippen LogP contribution is 2.39. The van der Waals surface area contributed by atoms with Gasteiger partial charge >= 0.3 is 0 Å². The smallest absolute Gasteiger partial charge is 0.156 e. The van der Waals surface area contributed by atoms with E-state index in [0.717, 1.165) is 36.1 Å². The molecule has 0 aliphatic carbocycles. The first-order valence-electron chi connectivity index (χ1n) is 11.7. The molecule has 3 heterocycles. The number of hydrogen-bond acceptors (Lipinski definition) is 7. The van der Waals surface area contributed by atoms with Gasteiger partial charge < -0.3 is 20.8 Å². The van der Waals surface area contributed by atoms with Crippen molar-refractivity contribution in [2.45, 2.75) is 63.7 Å². The van der Waals surface area contributed by atoms with Crippen LogP contribution in [0.5, 0.6) is 5.75 Å². The Labute approximate surface area is 207 Å². The van der Waals surface area contributed by atoms with E-state index in [2.05, 4.69) is 11.0 Å². The minimum Gasteiger partial charge on any atom is -0.506 e. The number of fused-ring (bicyclic) bond motifs is 3. The largest absolute Gasteiger partial charge is 0.506 e. The van der Waals surface area contributed by atoms with Crippen molar-refractivity contribution in [2.24, 2.45) is 10.8 Å². The number of phenolic OH excluding ortho intramolecular Hbond substituents is 1. The second-order valence-electron chi connectivity index (χ2n) is 8.72. The van der Waals surface area contributed by atoms with Crippen molar-refractivity contribution in [1.29, 1.82) is 5.26 Å². The lowest BCUT2D eigenvalue weighted by molar-refractivity contribution is 0.208. The van der Waals surface area contributed by atoms with Gasteiger partial charge in [-0.3, -0.25) is 5.01 Å². The minimum atomic E-state index is -0.283. The van der Waals surface area contributed by atoms with Gasteiger partial charge in [0.1, 0.15) is 11.9 Å². The third-order valence-corrected chi connectivity index (χ3v) is 7.06. The summed E-state index contributed by atoms with van der Waals surface area (Å²) >= 11 is 5.64. The summed E-state index contributed by atoms with van der Waals surface area (Å²) < 4.78 is 0. The summed E-state index contributed by atoms with van der Waals surface area (Å²) in [6.07, 6.45) is 7.05. The van der Waals surface area contributed by atoms with Crippen LogP contribution in [0.25, 0.3) is 0 Å². The third-order valence-electron chi connectivity index (χ3n) is 6.75. The van der Waals surface area contributed by atoms with Gasteiger partial charge in [-0.15, -0.1) is 0 Å². The van der Waals surface area contributed by atoms with E-state index in [-0.39, 0.29) is 11.9 Å². The molecule has 2 bridgehead atoms. The van der Waals surface area contributed by atoms with Crippen LogP contribution in [-0.2, 0) is 6.42 Å². The first kappa shape index (κ1) is 25.8. The number of aryl methyl sites for hydroxylation is 1. The van der Waals surface area contributed by atoms with Crippen molar-refractivity contribution < 1.29 is 10.2 Å². The molecule has 3 atom stereocenters. The average molecular weight is 484 g/mol. The number of nitriles is 1. The van der Waals surface area contributed by atoms with Crippen LogP contribution in [0.1, 0.15) is 67.4 Å². The van der Waals surface area contributed by atoms with Crippen LogP contribution in [0.2, 0.25) is 5.02 Å². The van der Waals surface area contributed by atoms with Gasteiger partial charge in [-0.25, -0.2) is 0 Å². The molecule has 3 aliphatic rings. The monoisotopic (exact) mass is 483 g/mol. The fraction of sp³-hybridized carbons (Fsp3) is 0.462. The molecule has 7 nitrogen and oxygen atoms in total. The van der Waals surface area contributed by atoms with Crippen LogP contribution < -0.4 is 5.73 Å². The number of phenols is 1. The molecule has 2 aromatic rings. The Morgan fingerprint density at radius 3 is 2.38 bits per heavy atom. The fourth-order valence-corrected chi connectivity index (χ4v) is 5.17. The Kier molecular flexibility index (Phi) is 8.78. The minimum absolute atomic E-state index is 0.152. The van der Waals surface area contributed by atoms with E-state index in [4.69, 9.17) is 37.9 Å². The van der Waals surface area contributed by atoms with Crippen molar-refractivity contribution in [2.75, 3.05) is 14.2 Å². The van der Waals surface area contributed by atoms with E-state index in [9.17, 15) is 0 Å². The number of hydrogen-bond donors (Lipinski definition) is 3. The van der Waals surface area contributed by atoms with Crippen molar-refractivity contribution >= 4 is 17.4 Å². The fourth-order valence-electron chi connectivity index (χ4n) is 4.97. The van der Waals surface area contributed by atoms with Crippen LogP contribution in [0.3, 0.4) is 0 Å². The number of nitrogens with zero attached hydrogens (tertiary/aromatic N) is 4. The molecule has 4 N–H and O–H groups in total. The molecule has 0 spiro atoms. The van der Waals surface area contributed by atoms with Crippen LogP contribution in [-0.4, -0.2) is 52.2 Å². The molecule has 3 aliphatic heterocycles. The number of halogens is 1. The predicted molar refractivity (Wildman–Crippen MR) is 136 cm³/mol. The van der Waals surface area contributed by atoms with Crippen LogP contribution >= 0.6 is 11.6 Å². The third kappa shape index (κ3) is 5.30. The Balaban J connectivity index is 0.000000228. The topological polar surface area (TPSA) is 109 Å². The van der Waals surface area contributed by atoms with Gasteiger partial charge in [0.05, 0.1) is 16.7 Å². The molecular weight excluding hydrogens is 450 g/mol. The first-order chi connectivity index (χ1) is 16.4. The van der Waals surface area contributed by atoms with Gasteiger partial charge in [0.25, 0.3) is 0 Å². The quantitative estimate of drug-likeness (QED) is 0.556. The molecule has 2 aromatic carbocycles. The van der Waals surface area contributed by atoms with Crippen LogP contribution in [0.4, 0.5) is 0 Å². The zero-order chi connectivity index (χ0) is 24.8. The molecular formula is C26H34ClN5O2. The standard InChI is InChI=1S/C17H21N5.C8H9ClO.CH4O/c1-21-16(19)15-9-11(10-18)5-8-14(15)17(20-21)22-12-3-2-4-13(22)7-6-12;1-2-6-3-4-8(10)7(9)5-6;1-2/h5,8-9,12-13,16H,2-4,6-7,19H2,1H3;3-5,10H,2H2,1H3;2H,1H3. The number of benzene rings is 2. The summed E-state index contributed by atoms with van der Waals surface area (Å²) in [5.74, 6) is 1.20. The van der Waals surface area contributed by atoms with Crippen molar-refractivity contribution in [3.63, 3.8) is 0 Å². The summed E-state index contributed by atoms with van der Waals surface area (Å²) in [7, 11) is 2.92. The Bertz CT molecular complexity index is 1050. The number of rotatable bonds is 1. The van der Waals surface area contributed by atoms with E-state index in [1.54, 1.807) is 12.1 Å². The number of nitrogens with two attached hydrogens (primary N) is 1. The van der Waals surface area contributed by atoms with Gasteiger partial charge in [-0.05, 0) is 74.4 Å². The summed E-state index contributed by atoms with van der Waals surface area (Å²) in [5, 5.41) is 32.2. The lowest BCUT2D eigenvalue weighted by Gasteiger charge is -2.41. The van der Waals surface area contributed by atoms with Crippen molar-refractivity contribution in [3.05, 3.63) is 63.7 Å². The normalized spacial score (nSPS) is 22.4. The van der Waals surface area contributed by atoms with E-state index < -0.39 is 0 Å².